The maximum Gasteiger partial charge on any atom is 0.326 e. The van der Waals surface area contributed by atoms with E-state index in [9.17, 15) is 9.18 Å². The Morgan fingerprint density at radius 2 is 2.25 bits per heavy atom. The van der Waals surface area contributed by atoms with Crippen LogP contribution in [0.1, 0.15) is 24.8 Å². The third-order valence-corrected chi connectivity index (χ3v) is 3.95. The largest absolute Gasteiger partial charge is 0.490 e. The monoisotopic (exact) mass is 281 g/mol. The number of carbonyl (C=O) groups excluding carboxylic acids is 1. The summed E-state index contributed by atoms with van der Waals surface area (Å²) in [6.45, 7) is 1.80. The first-order valence-corrected chi connectivity index (χ1v) is 6.71. The Morgan fingerprint density at radius 1 is 1.50 bits per heavy atom. The van der Waals surface area contributed by atoms with Gasteiger partial charge in [-0.05, 0) is 50.6 Å². The number of halogens is 1. The van der Waals surface area contributed by atoms with Gasteiger partial charge in [-0.15, -0.1) is 0 Å². The van der Waals surface area contributed by atoms with Gasteiger partial charge in [-0.2, -0.15) is 0 Å². The summed E-state index contributed by atoms with van der Waals surface area (Å²) in [6, 6.07) is 4.45. The van der Waals surface area contributed by atoms with Crippen molar-refractivity contribution < 1.29 is 18.7 Å². The topological polar surface area (TPSA) is 47.6 Å². The zero-order valence-corrected chi connectivity index (χ0v) is 12.0. The second-order valence-electron chi connectivity index (χ2n) is 5.22. The van der Waals surface area contributed by atoms with Crippen LogP contribution in [0.15, 0.2) is 18.2 Å². The van der Waals surface area contributed by atoms with Gasteiger partial charge in [0, 0.05) is 6.42 Å². The van der Waals surface area contributed by atoms with Crippen LogP contribution in [0.3, 0.4) is 0 Å². The van der Waals surface area contributed by atoms with E-state index >= 15 is 0 Å². The molecule has 1 aliphatic carbocycles. The van der Waals surface area contributed by atoms with Crippen LogP contribution in [0.2, 0.25) is 0 Å². The van der Waals surface area contributed by atoms with Crippen LogP contribution in [0, 0.1) is 12.7 Å². The zero-order valence-electron chi connectivity index (χ0n) is 12.0. The molecule has 0 amide bonds. The molecule has 0 radical (unpaired) electrons. The highest BCUT2D eigenvalue weighted by Gasteiger charge is 2.46. The molecular formula is C15H20FNO3. The Hall–Kier alpha value is -1.62. The van der Waals surface area contributed by atoms with Crippen LogP contribution in [0.5, 0.6) is 5.75 Å². The molecule has 1 aromatic carbocycles. The maximum absolute atomic E-state index is 13.1. The van der Waals surface area contributed by atoms with Gasteiger partial charge in [-0.1, -0.05) is 0 Å². The highest BCUT2D eigenvalue weighted by Crippen LogP contribution is 2.34. The Bertz CT molecular complexity index is 506. The molecule has 5 heteroatoms. The lowest BCUT2D eigenvalue weighted by atomic mass is 9.98. The van der Waals surface area contributed by atoms with Crippen molar-refractivity contribution >= 4 is 5.97 Å². The minimum Gasteiger partial charge on any atom is -0.490 e. The molecule has 2 rings (SSSR count). The molecule has 0 aromatic heterocycles. The molecule has 110 valence electrons. The van der Waals surface area contributed by atoms with Crippen molar-refractivity contribution in [1.82, 2.24) is 5.32 Å². The summed E-state index contributed by atoms with van der Waals surface area (Å²) in [5, 5.41) is 3.05. The van der Waals surface area contributed by atoms with Gasteiger partial charge in [-0.25, -0.2) is 4.39 Å². The maximum atomic E-state index is 13.1. The van der Waals surface area contributed by atoms with E-state index in [0.29, 0.717) is 18.6 Å². The Morgan fingerprint density at radius 3 is 2.85 bits per heavy atom. The van der Waals surface area contributed by atoms with Gasteiger partial charge in [0.1, 0.15) is 23.2 Å². The molecule has 20 heavy (non-hydrogen) atoms. The van der Waals surface area contributed by atoms with Crippen molar-refractivity contribution in [2.75, 3.05) is 14.2 Å². The summed E-state index contributed by atoms with van der Waals surface area (Å²) in [5.74, 6) is 0.121. The molecule has 2 atom stereocenters. The minimum absolute atomic E-state index is 0.0780. The van der Waals surface area contributed by atoms with Gasteiger partial charge in [0.05, 0.1) is 7.11 Å². The lowest BCUT2D eigenvalue weighted by Gasteiger charge is -2.25. The third kappa shape index (κ3) is 2.77. The number of ether oxygens (including phenoxy) is 2. The van der Waals surface area contributed by atoms with Crippen molar-refractivity contribution in [3.63, 3.8) is 0 Å². The predicted molar refractivity (Wildman–Crippen MR) is 73.2 cm³/mol. The second-order valence-corrected chi connectivity index (χ2v) is 5.22. The van der Waals surface area contributed by atoms with Gasteiger partial charge in [0.15, 0.2) is 0 Å². The van der Waals surface area contributed by atoms with Crippen LogP contribution in [-0.4, -0.2) is 31.8 Å². The fourth-order valence-corrected chi connectivity index (χ4v) is 2.74. The Kier molecular flexibility index (Phi) is 4.28. The lowest BCUT2D eigenvalue weighted by Crippen LogP contribution is -2.49. The molecule has 0 bridgehead atoms. The van der Waals surface area contributed by atoms with Crippen LogP contribution in [0.4, 0.5) is 4.39 Å². The van der Waals surface area contributed by atoms with Crippen molar-refractivity contribution in [1.29, 1.82) is 0 Å². The van der Waals surface area contributed by atoms with E-state index in [4.69, 9.17) is 9.47 Å². The van der Waals surface area contributed by atoms with Gasteiger partial charge < -0.3 is 14.8 Å². The fraction of sp³-hybridized carbons (Fsp3) is 0.533. The first kappa shape index (κ1) is 14.8. The third-order valence-electron chi connectivity index (χ3n) is 3.95. The van der Waals surface area contributed by atoms with Crippen LogP contribution < -0.4 is 10.1 Å². The SMILES string of the molecule is CNC1(C(=O)OC)CCC(Oc2ccc(F)cc2C)C1. The number of esters is 1. The molecule has 0 aliphatic heterocycles. The molecule has 0 saturated heterocycles. The van der Waals surface area contributed by atoms with Crippen LogP contribution in [0.25, 0.3) is 0 Å². The molecule has 0 heterocycles. The normalized spacial score (nSPS) is 25.5. The van der Waals surface area contributed by atoms with E-state index in [-0.39, 0.29) is 17.9 Å². The quantitative estimate of drug-likeness (QED) is 0.860. The number of methoxy groups -OCH3 is 1. The lowest BCUT2D eigenvalue weighted by molar-refractivity contribution is -0.148. The van der Waals surface area contributed by atoms with Crippen molar-refractivity contribution in [3.05, 3.63) is 29.6 Å². The van der Waals surface area contributed by atoms with Gasteiger partial charge in [0.25, 0.3) is 0 Å². The number of rotatable bonds is 4. The van der Waals surface area contributed by atoms with E-state index < -0.39 is 5.54 Å². The summed E-state index contributed by atoms with van der Waals surface area (Å²) in [7, 11) is 3.14. The summed E-state index contributed by atoms with van der Waals surface area (Å²) in [4.78, 5) is 11.9. The zero-order chi connectivity index (χ0) is 14.8. The van der Waals surface area contributed by atoms with Crippen molar-refractivity contribution in [2.24, 2.45) is 0 Å². The first-order valence-electron chi connectivity index (χ1n) is 6.71. The molecule has 1 fully saturated rings. The predicted octanol–water partition coefficient (Wildman–Crippen LogP) is 2.20. The Labute approximate surface area is 118 Å². The molecule has 1 saturated carbocycles. The fourth-order valence-electron chi connectivity index (χ4n) is 2.74. The highest BCUT2D eigenvalue weighted by atomic mass is 19.1. The van der Waals surface area contributed by atoms with Gasteiger partial charge >= 0.3 is 5.97 Å². The first-order chi connectivity index (χ1) is 9.50. The summed E-state index contributed by atoms with van der Waals surface area (Å²) in [5.41, 5.74) is 0.0814. The molecule has 1 aliphatic rings. The number of hydrogen-bond donors (Lipinski definition) is 1. The summed E-state index contributed by atoms with van der Waals surface area (Å²) in [6.07, 6.45) is 1.89. The molecule has 0 spiro atoms. The number of hydrogen-bond acceptors (Lipinski definition) is 4. The van der Waals surface area contributed by atoms with Crippen LogP contribution >= 0.6 is 0 Å². The van der Waals surface area contributed by atoms with Crippen molar-refractivity contribution in [3.8, 4) is 5.75 Å². The smallest absolute Gasteiger partial charge is 0.326 e. The van der Waals surface area contributed by atoms with E-state index in [1.165, 1.54) is 19.2 Å². The standard InChI is InChI=1S/C15H20FNO3/c1-10-8-11(16)4-5-13(10)20-12-6-7-15(9-12,17-2)14(18)19-3/h4-5,8,12,17H,6-7,9H2,1-3H3. The number of nitrogens with one attached hydrogen (secondary N) is 1. The average molecular weight is 281 g/mol. The second kappa shape index (κ2) is 5.79. The van der Waals surface area contributed by atoms with E-state index in [2.05, 4.69) is 5.32 Å². The summed E-state index contributed by atoms with van der Waals surface area (Å²) < 4.78 is 23.8. The van der Waals surface area contributed by atoms with E-state index in [1.54, 1.807) is 20.0 Å². The summed E-state index contributed by atoms with van der Waals surface area (Å²) >= 11 is 0. The molecular weight excluding hydrogens is 261 g/mol. The van der Waals surface area contributed by atoms with Gasteiger partial charge in [-0.3, -0.25) is 4.79 Å². The van der Waals surface area contributed by atoms with Gasteiger partial charge in [0.2, 0.25) is 0 Å². The average Bonchev–Trinajstić information content (AvgIpc) is 2.86. The highest BCUT2D eigenvalue weighted by molar-refractivity contribution is 5.81. The minimum atomic E-state index is -0.673. The Balaban J connectivity index is 2.08. The van der Waals surface area contributed by atoms with Crippen LogP contribution in [-0.2, 0) is 9.53 Å². The number of carbonyl (C=O) groups is 1. The van der Waals surface area contributed by atoms with E-state index in [0.717, 1.165) is 12.0 Å². The number of benzene rings is 1. The van der Waals surface area contributed by atoms with Crippen molar-refractivity contribution in [2.45, 2.75) is 37.8 Å². The van der Waals surface area contributed by atoms with E-state index in [1.807, 2.05) is 0 Å². The molecule has 2 unspecified atom stereocenters. The molecule has 1 aromatic rings. The molecule has 4 nitrogen and oxygen atoms in total. The number of likely N-dealkylation sites (N-methyl/N-ethyl adjacent to an activating group) is 1. The molecule has 1 N–H and O–H groups in total. The number of aryl methyl sites for hydroxylation is 1.